The normalized spacial score (nSPS) is 11.6. The molecule has 0 saturated heterocycles. The van der Waals surface area contributed by atoms with Crippen molar-refractivity contribution in [2.24, 2.45) is 0 Å². The van der Waals surface area contributed by atoms with Crippen molar-refractivity contribution in [1.29, 1.82) is 0 Å². The quantitative estimate of drug-likeness (QED) is 0.421. The second-order valence-corrected chi connectivity index (χ2v) is 6.73. The summed E-state index contributed by atoms with van der Waals surface area (Å²) < 4.78 is 38.6. The molecule has 0 atom stereocenters. The first kappa shape index (κ1) is 19.0. The van der Waals surface area contributed by atoms with Crippen molar-refractivity contribution in [1.82, 2.24) is 9.97 Å². The summed E-state index contributed by atoms with van der Waals surface area (Å²) in [6, 6.07) is 16.8. The average molecular weight is 416 g/mol. The maximum atomic E-state index is 12.9. The van der Waals surface area contributed by atoms with E-state index < -0.39 is 11.7 Å². The third-order valence-electron chi connectivity index (χ3n) is 4.34. The third-order valence-corrected chi connectivity index (χ3v) is 4.67. The topological polar surface area (TPSA) is 57.8 Å². The number of halogens is 4. The number of benzene rings is 3. The fraction of sp³-hybridized carbons (Fsp3) is 0.0476. The molecular formula is C21H13ClF3N3O. The molecule has 0 saturated carbocycles. The summed E-state index contributed by atoms with van der Waals surface area (Å²) in [5.41, 5.74) is 1.57. The summed E-state index contributed by atoms with van der Waals surface area (Å²) in [5.74, 6) is 0.0927. The largest absolute Gasteiger partial charge is 0.416 e. The van der Waals surface area contributed by atoms with E-state index in [0.717, 1.165) is 12.1 Å². The number of hydrogen-bond donors (Lipinski definition) is 2. The van der Waals surface area contributed by atoms with Crippen molar-refractivity contribution in [2.45, 2.75) is 6.18 Å². The van der Waals surface area contributed by atoms with Crippen molar-refractivity contribution in [3.63, 3.8) is 0 Å². The molecule has 4 nitrogen and oxygen atoms in total. The number of nitrogens with zero attached hydrogens (tertiary/aromatic N) is 1. The van der Waals surface area contributed by atoms with Gasteiger partial charge in [-0.25, -0.2) is 4.98 Å². The molecule has 1 aromatic heterocycles. The van der Waals surface area contributed by atoms with Crippen LogP contribution in [-0.4, -0.2) is 15.9 Å². The first-order chi connectivity index (χ1) is 13.8. The molecule has 0 unspecified atom stereocenters. The molecule has 0 aliphatic carbocycles. The molecule has 29 heavy (non-hydrogen) atoms. The number of carbonyl (C=O) groups is 1. The average Bonchev–Trinajstić information content (AvgIpc) is 3.11. The highest BCUT2D eigenvalue weighted by Crippen LogP contribution is 2.32. The summed E-state index contributed by atoms with van der Waals surface area (Å²) in [5, 5.41) is 3.10. The van der Waals surface area contributed by atoms with Gasteiger partial charge in [-0.05, 0) is 54.6 Å². The molecule has 0 fully saturated rings. The van der Waals surface area contributed by atoms with Crippen LogP contribution < -0.4 is 5.32 Å². The van der Waals surface area contributed by atoms with Gasteiger partial charge < -0.3 is 10.3 Å². The lowest BCUT2D eigenvalue weighted by atomic mass is 10.1. The predicted molar refractivity (Wildman–Crippen MR) is 106 cm³/mol. The number of nitrogens with one attached hydrogen (secondary N) is 2. The van der Waals surface area contributed by atoms with Crippen LogP contribution in [0.4, 0.5) is 18.9 Å². The van der Waals surface area contributed by atoms with E-state index in [9.17, 15) is 18.0 Å². The van der Waals surface area contributed by atoms with Crippen LogP contribution in [0.25, 0.3) is 22.4 Å². The number of fused-ring (bicyclic) bond motifs is 1. The number of imidazole rings is 1. The number of rotatable bonds is 3. The Bertz CT molecular complexity index is 1200. The molecule has 1 amide bonds. The van der Waals surface area contributed by atoms with Crippen LogP contribution in [0.5, 0.6) is 0 Å². The number of H-pyrrole nitrogens is 1. The van der Waals surface area contributed by atoms with Gasteiger partial charge >= 0.3 is 6.18 Å². The molecule has 1 heterocycles. The van der Waals surface area contributed by atoms with E-state index >= 15 is 0 Å². The summed E-state index contributed by atoms with van der Waals surface area (Å²) in [7, 11) is 0. The number of anilines is 1. The Morgan fingerprint density at radius 1 is 1.00 bits per heavy atom. The summed E-state index contributed by atoms with van der Waals surface area (Å²) in [6.07, 6.45) is -4.42. The zero-order chi connectivity index (χ0) is 20.6. The van der Waals surface area contributed by atoms with Gasteiger partial charge in [0.25, 0.3) is 5.91 Å². The van der Waals surface area contributed by atoms with E-state index in [2.05, 4.69) is 15.3 Å². The number of aromatic nitrogens is 2. The molecule has 0 bridgehead atoms. The van der Waals surface area contributed by atoms with Gasteiger partial charge in [-0.3, -0.25) is 4.79 Å². The molecule has 0 spiro atoms. The van der Waals surface area contributed by atoms with Crippen molar-refractivity contribution in [2.75, 3.05) is 5.32 Å². The van der Waals surface area contributed by atoms with E-state index in [-0.39, 0.29) is 5.91 Å². The van der Waals surface area contributed by atoms with E-state index in [1.165, 1.54) is 6.07 Å². The van der Waals surface area contributed by atoms with Gasteiger partial charge in [0.2, 0.25) is 0 Å². The highest BCUT2D eigenvalue weighted by atomic mass is 35.5. The smallest absolute Gasteiger partial charge is 0.338 e. The first-order valence-corrected chi connectivity index (χ1v) is 8.92. The molecule has 8 heteroatoms. The Labute approximate surface area is 168 Å². The standard InChI is InChI=1S/C21H13ClF3N3O/c22-16-4-2-1-3-15(16)20(29)26-14-8-5-12(6-9-14)19-27-17-10-7-13(21(23,24)25)11-18(17)28-19/h1-11H,(H,26,29)(H,27,28). The van der Waals surface area contributed by atoms with Gasteiger partial charge in [0, 0.05) is 11.3 Å². The Morgan fingerprint density at radius 2 is 1.72 bits per heavy atom. The molecule has 4 aromatic rings. The van der Waals surface area contributed by atoms with E-state index in [4.69, 9.17) is 11.6 Å². The molecule has 2 N–H and O–H groups in total. The fourth-order valence-corrected chi connectivity index (χ4v) is 3.10. The second-order valence-electron chi connectivity index (χ2n) is 6.33. The zero-order valence-electron chi connectivity index (χ0n) is 14.7. The van der Waals surface area contributed by atoms with Crippen molar-refractivity contribution >= 4 is 34.2 Å². The number of aromatic amines is 1. The highest BCUT2D eigenvalue weighted by molar-refractivity contribution is 6.34. The van der Waals surface area contributed by atoms with Crippen molar-refractivity contribution in [3.8, 4) is 11.4 Å². The minimum atomic E-state index is -4.42. The molecule has 146 valence electrons. The molecule has 0 aliphatic rings. The first-order valence-electron chi connectivity index (χ1n) is 8.54. The number of alkyl halides is 3. The van der Waals surface area contributed by atoms with Crippen molar-refractivity contribution in [3.05, 3.63) is 82.9 Å². The van der Waals surface area contributed by atoms with E-state index in [1.54, 1.807) is 48.5 Å². The lowest BCUT2D eigenvalue weighted by Crippen LogP contribution is -2.12. The Morgan fingerprint density at radius 3 is 2.41 bits per heavy atom. The lowest BCUT2D eigenvalue weighted by Gasteiger charge is -2.07. The van der Waals surface area contributed by atoms with Crippen LogP contribution in [-0.2, 0) is 6.18 Å². The van der Waals surface area contributed by atoms with Gasteiger partial charge in [0.15, 0.2) is 0 Å². The van der Waals surface area contributed by atoms with Gasteiger partial charge in [-0.15, -0.1) is 0 Å². The Balaban J connectivity index is 1.56. The monoisotopic (exact) mass is 415 g/mol. The summed E-state index contributed by atoms with van der Waals surface area (Å²) in [4.78, 5) is 19.5. The van der Waals surface area contributed by atoms with Crippen LogP contribution in [0.15, 0.2) is 66.7 Å². The van der Waals surface area contributed by atoms with Gasteiger partial charge in [-0.1, -0.05) is 23.7 Å². The maximum absolute atomic E-state index is 12.9. The van der Waals surface area contributed by atoms with Gasteiger partial charge in [0.1, 0.15) is 5.82 Å². The molecular weight excluding hydrogens is 403 g/mol. The second kappa shape index (κ2) is 7.25. The van der Waals surface area contributed by atoms with Crippen LogP contribution in [0.1, 0.15) is 15.9 Å². The summed E-state index contributed by atoms with van der Waals surface area (Å²) in [6.45, 7) is 0. The fourth-order valence-electron chi connectivity index (χ4n) is 2.88. The molecule has 4 rings (SSSR count). The van der Waals surface area contributed by atoms with Crippen LogP contribution in [0.3, 0.4) is 0 Å². The summed E-state index contributed by atoms with van der Waals surface area (Å²) >= 11 is 6.02. The predicted octanol–water partition coefficient (Wildman–Crippen LogP) is 6.15. The SMILES string of the molecule is O=C(Nc1ccc(-c2nc3ccc(C(F)(F)F)cc3[nH]2)cc1)c1ccccc1Cl. The van der Waals surface area contributed by atoms with E-state index in [0.29, 0.717) is 38.7 Å². The molecule has 0 radical (unpaired) electrons. The number of carbonyl (C=O) groups excluding carboxylic acids is 1. The highest BCUT2D eigenvalue weighted by Gasteiger charge is 2.30. The van der Waals surface area contributed by atoms with Crippen LogP contribution in [0, 0.1) is 0 Å². The van der Waals surface area contributed by atoms with Crippen molar-refractivity contribution < 1.29 is 18.0 Å². The lowest BCUT2D eigenvalue weighted by molar-refractivity contribution is -0.137. The minimum absolute atomic E-state index is 0.297. The van der Waals surface area contributed by atoms with E-state index in [1.807, 2.05) is 0 Å². The Hall–Kier alpha value is -3.32. The maximum Gasteiger partial charge on any atom is 0.416 e. The number of hydrogen-bond acceptors (Lipinski definition) is 2. The Kier molecular flexibility index (Phi) is 4.76. The molecule has 3 aromatic carbocycles. The zero-order valence-corrected chi connectivity index (χ0v) is 15.5. The number of amides is 1. The van der Waals surface area contributed by atoms with Crippen LogP contribution in [0.2, 0.25) is 5.02 Å². The third kappa shape index (κ3) is 3.95. The van der Waals surface area contributed by atoms with Gasteiger partial charge in [-0.2, -0.15) is 13.2 Å². The minimum Gasteiger partial charge on any atom is -0.338 e. The van der Waals surface area contributed by atoms with Gasteiger partial charge in [0.05, 0.1) is 27.2 Å². The van der Waals surface area contributed by atoms with Crippen LogP contribution >= 0.6 is 11.6 Å². The molecule has 0 aliphatic heterocycles.